The van der Waals surface area contributed by atoms with Crippen LogP contribution < -0.4 is 5.32 Å². The molecule has 0 atom stereocenters. The number of benzene rings is 1. The molecule has 0 radical (unpaired) electrons. The summed E-state index contributed by atoms with van der Waals surface area (Å²) in [6, 6.07) is 11.2. The van der Waals surface area contributed by atoms with E-state index in [-0.39, 0.29) is 5.91 Å². The van der Waals surface area contributed by atoms with Gasteiger partial charge in [-0.1, -0.05) is 6.07 Å². The van der Waals surface area contributed by atoms with Crippen LogP contribution in [0.1, 0.15) is 15.9 Å². The van der Waals surface area contributed by atoms with Crippen LogP contribution in [-0.4, -0.2) is 19.6 Å². The van der Waals surface area contributed by atoms with Crippen molar-refractivity contribution in [2.24, 2.45) is 0 Å². The summed E-state index contributed by atoms with van der Waals surface area (Å²) in [7, 11) is 0. The monoisotopic (exact) mass is 352 g/mol. The second-order valence-corrected chi connectivity index (χ2v) is 6.48. The third kappa shape index (κ3) is 2.91. The van der Waals surface area contributed by atoms with Crippen molar-refractivity contribution in [1.29, 1.82) is 0 Å². The van der Waals surface area contributed by atoms with Crippen molar-refractivity contribution < 1.29 is 4.79 Å². The smallest absolute Gasteiger partial charge is 0.251 e. The maximum Gasteiger partial charge on any atom is 0.251 e. The van der Waals surface area contributed by atoms with Crippen molar-refractivity contribution in [1.82, 2.24) is 19.0 Å². The van der Waals surface area contributed by atoms with Gasteiger partial charge >= 0.3 is 0 Å². The number of hydrogen-bond donors (Lipinski definition) is 1. The molecule has 0 unspecified atom stereocenters. The van der Waals surface area contributed by atoms with E-state index in [1.807, 2.05) is 29.6 Å². The minimum absolute atomic E-state index is 0.134. The van der Waals surface area contributed by atoms with Gasteiger partial charge in [-0.25, -0.2) is 0 Å². The largest absolute Gasteiger partial charge is 0.348 e. The van der Waals surface area contributed by atoms with E-state index in [9.17, 15) is 4.79 Å². The Bertz CT molecular complexity index is 995. The van der Waals surface area contributed by atoms with E-state index in [1.54, 1.807) is 29.7 Å². The Kier molecular flexibility index (Phi) is 4.02. The number of nitrogens with zero attached hydrogens (tertiary/aromatic N) is 3. The molecule has 1 aromatic carbocycles. The minimum atomic E-state index is -0.134. The zero-order valence-corrected chi connectivity index (χ0v) is 14.1. The number of pyridine rings is 1. The molecule has 4 aromatic rings. The highest BCUT2D eigenvalue weighted by Gasteiger charge is 2.11. The number of carbonyl (C=O) groups is 1. The topological polar surface area (TPSA) is 67.8 Å². The van der Waals surface area contributed by atoms with Gasteiger partial charge in [0.15, 0.2) is 0 Å². The van der Waals surface area contributed by atoms with Gasteiger partial charge in [0.25, 0.3) is 5.91 Å². The molecule has 0 saturated heterocycles. The van der Waals surface area contributed by atoms with E-state index in [0.717, 1.165) is 39.6 Å². The van der Waals surface area contributed by atoms with Crippen LogP contribution in [0.5, 0.6) is 0 Å². The average molecular weight is 352 g/mol. The molecule has 3 aromatic heterocycles. The number of amides is 1. The molecule has 0 fully saturated rings. The van der Waals surface area contributed by atoms with Crippen LogP contribution in [0.4, 0.5) is 0 Å². The maximum atomic E-state index is 12.4. The number of carbonyl (C=O) groups excluding carboxylic acids is 1. The molecule has 0 aliphatic carbocycles. The van der Waals surface area contributed by atoms with Crippen LogP contribution in [0.3, 0.4) is 0 Å². The number of aromatic nitrogens is 3. The lowest BCUT2D eigenvalue weighted by atomic mass is 10.1. The molecule has 24 heavy (non-hydrogen) atoms. The lowest BCUT2D eigenvalue weighted by Crippen LogP contribution is -2.23. The molecule has 1 N–H and O–H groups in total. The summed E-state index contributed by atoms with van der Waals surface area (Å²) in [5.74, 6) is -0.134. The average Bonchev–Trinajstić information content (AvgIpc) is 3.30. The number of fused-ring (bicyclic) bond motifs is 1. The van der Waals surface area contributed by atoms with Gasteiger partial charge < -0.3 is 5.32 Å². The minimum Gasteiger partial charge on any atom is -0.348 e. The Balaban J connectivity index is 1.53. The highest BCUT2D eigenvalue weighted by atomic mass is 32.1. The predicted molar refractivity (Wildman–Crippen MR) is 96.1 cm³/mol. The van der Waals surface area contributed by atoms with Crippen LogP contribution in [0.2, 0.25) is 0 Å². The molecule has 0 aliphatic heterocycles. The zero-order valence-electron chi connectivity index (χ0n) is 12.5. The van der Waals surface area contributed by atoms with Gasteiger partial charge in [0.1, 0.15) is 11.0 Å². The Morgan fingerprint density at radius 3 is 2.92 bits per heavy atom. The van der Waals surface area contributed by atoms with E-state index in [2.05, 4.69) is 24.4 Å². The molecule has 3 heterocycles. The Morgan fingerprint density at radius 2 is 2.04 bits per heavy atom. The van der Waals surface area contributed by atoms with Gasteiger partial charge in [-0.15, -0.1) is 0 Å². The van der Waals surface area contributed by atoms with Gasteiger partial charge in [-0.05, 0) is 41.3 Å². The molecule has 1 amide bonds. The summed E-state index contributed by atoms with van der Waals surface area (Å²) in [5.41, 5.74) is 5.09. The van der Waals surface area contributed by atoms with Crippen LogP contribution in [0, 0.1) is 0 Å². The highest BCUT2D eigenvalue weighted by Crippen LogP contribution is 2.23. The second-order valence-electron chi connectivity index (χ2n) is 5.17. The molecular weight excluding hydrogens is 340 g/mol. The van der Waals surface area contributed by atoms with Crippen molar-refractivity contribution in [3.8, 4) is 11.3 Å². The van der Waals surface area contributed by atoms with Crippen molar-refractivity contribution in [3.63, 3.8) is 0 Å². The zero-order chi connectivity index (χ0) is 16.4. The van der Waals surface area contributed by atoms with Crippen molar-refractivity contribution >= 4 is 40.0 Å². The molecule has 5 nitrogen and oxygen atoms in total. The van der Waals surface area contributed by atoms with Gasteiger partial charge in [-0.2, -0.15) is 20.1 Å². The first-order valence-corrected chi connectivity index (χ1v) is 8.95. The predicted octanol–water partition coefficient (Wildman–Crippen LogP) is 3.74. The van der Waals surface area contributed by atoms with Gasteiger partial charge in [0.2, 0.25) is 0 Å². The van der Waals surface area contributed by atoms with E-state index in [4.69, 9.17) is 0 Å². The summed E-state index contributed by atoms with van der Waals surface area (Å²) in [6.45, 7) is 0.422. The number of rotatable bonds is 4. The summed E-state index contributed by atoms with van der Waals surface area (Å²) in [4.78, 5) is 16.9. The molecule has 118 valence electrons. The van der Waals surface area contributed by atoms with Crippen LogP contribution in [0.25, 0.3) is 22.3 Å². The fourth-order valence-corrected chi connectivity index (χ4v) is 3.60. The van der Waals surface area contributed by atoms with E-state index >= 15 is 0 Å². The second kappa shape index (κ2) is 6.46. The van der Waals surface area contributed by atoms with Crippen molar-refractivity contribution in [2.75, 3.05) is 0 Å². The van der Waals surface area contributed by atoms with Crippen LogP contribution >= 0.6 is 23.1 Å². The fourth-order valence-electron chi connectivity index (χ4n) is 2.44. The first-order valence-electron chi connectivity index (χ1n) is 7.28. The fraction of sp³-hybridized carbons (Fsp3) is 0.0588. The Hall–Kier alpha value is -2.64. The number of thiophene rings is 1. The van der Waals surface area contributed by atoms with Crippen molar-refractivity contribution in [2.45, 2.75) is 6.54 Å². The molecule has 0 bridgehead atoms. The van der Waals surface area contributed by atoms with Crippen LogP contribution in [0.15, 0.2) is 53.4 Å². The third-order valence-electron chi connectivity index (χ3n) is 3.64. The summed E-state index contributed by atoms with van der Waals surface area (Å²) >= 11 is 2.77. The third-order valence-corrected chi connectivity index (χ3v) is 4.88. The lowest BCUT2D eigenvalue weighted by molar-refractivity contribution is 0.0951. The van der Waals surface area contributed by atoms with E-state index in [0.29, 0.717) is 12.1 Å². The van der Waals surface area contributed by atoms with E-state index in [1.165, 1.54) is 0 Å². The standard InChI is InChI=1S/C17H12N4OS2/c22-17(11-3-4-14-15(8-11)21-24-20-14)19-9-12-2-1-6-18-16(12)13-5-7-23-10-13/h1-8,10H,9H2,(H,19,22). The highest BCUT2D eigenvalue weighted by molar-refractivity contribution is 7.08. The van der Waals surface area contributed by atoms with Crippen LogP contribution in [-0.2, 0) is 6.54 Å². The molecule has 0 saturated carbocycles. The van der Waals surface area contributed by atoms with Gasteiger partial charge in [-0.3, -0.25) is 9.78 Å². The molecule has 4 rings (SSSR count). The summed E-state index contributed by atoms with van der Waals surface area (Å²) < 4.78 is 8.31. The Labute approximate surface area is 146 Å². The number of hydrogen-bond acceptors (Lipinski definition) is 6. The normalized spacial score (nSPS) is 10.8. The maximum absolute atomic E-state index is 12.4. The van der Waals surface area contributed by atoms with Gasteiger partial charge in [0, 0.05) is 29.2 Å². The number of nitrogens with one attached hydrogen (secondary N) is 1. The Morgan fingerprint density at radius 1 is 1.12 bits per heavy atom. The van der Waals surface area contributed by atoms with Crippen molar-refractivity contribution in [3.05, 3.63) is 64.5 Å². The molecule has 0 spiro atoms. The first-order chi connectivity index (χ1) is 11.8. The quantitative estimate of drug-likeness (QED) is 0.607. The summed E-state index contributed by atoms with van der Waals surface area (Å²) in [6.07, 6.45) is 1.77. The van der Waals surface area contributed by atoms with Gasteiger partial charge in [0.05, 0.1) is 17.4 Å². The van der Waals surface area contributed by atoms with E-state index < -0.39 is 0 Å². The SMILES string of the molecule is O=C(NCc1cccnc1-c1ccsc1)c1ccc2nsnc2c1. The molecular formula is C17H12N4OS2. The lowest BCUT2D eigenvalue weighted by Gasteiger charge is -2.09. The molecule has 0 aliphatic rings. The molecule has 7 heteroatoms. The first kappa shape index (κ1) is 14.9. The summed E-state index contributed by atoms with van der Waals surface area (Å²) in [5, 5.41) is 7.02.